The highest BCUT2D eigenvalue weighted by molar-refractivity contribution is 5.93. The van der Waals surface area contributed by atoms with Crippen molar-refractivity contribution in [3.05, 3.63) is 90.0 Å². The predicted molar refractivity (Wildman–Crippen MR) is 137 cm³/mol. The van der Waals surface area contributed by atoms with Gasteiger partial charge in [-0.1, -0.05) is 48.9 Å². The van der Waals surface area contributed by atoms with Gasteiger partial charge in [-0.3, -0.25) is 5.10 Å². The Morgan fingerprint density at radius 1 is 0.972 bits per heavy atom. The number of aromatic nitrogens is 2. The first kappa shape index (κ1) is 23.8. The van der Waals surface area contributed by atoms with Gasteiger partial charge in [0, 0.05) is 6.54 Å². The maximum atomic E-state index is 13.9. The van der Waals surface area contributed by atoms with Crippen LogP contribution in [0.1, 0.15) is 35.2 Å². The van der Waals surface area contributed by atoms with E-state index in [0.717, 1.165) is 24.1 Å². The fourth-order valence-corrected chi connectivity index (χ4v) is 4.63. The molecule has 0 spiro atoms. The fourth-order valence-electron chi connectivity index (χ4n) is 4.63. The molecule has 7 heteroatoms. The van der Waals surface area contributed by atoms with Gasteiger partial charge in [0.05, 0.1) is 11.8 Å². The number of likely N-dealkylation sites (tertiary alicyclic amines) is 1. The van der Waals surface area contributed by atoms with Crippen molar-refractivity contribution in [2.75, 3.05) is 19.6 Å². The Bertz CT molecular complexity index is 1340. The summed E-state index contributed by atoms with van der Waals surface area (Å²) in [5, 5.41) is 15.6. The lowest BCUT2D eigenvalue weighted by molar-refractivity contribution is 0.0694. The maximum Gasteiger partial charge on any atom is 0.339 e. The Balaban J connectivity index is 1.31. The highest BCUT2D eigenvalue weighted by Gasteiger charge is 2.17. The average molecular weight is 486 g/mol. The summed E-state index contributed by atoms with van der Waals surface area (Å²) in [7, 11) is 0. The molecule has 36 heavy (non-hydrogen) atoms. The van der Waals surface area contributed by atoms with Crippen LogP contribution in [0.2, 0.25) is 0 Å². The van der Waals surface area contributed by atoms with Crippen LogP contribution >= 0.6 is 0 Å². The number of nitrogens with one attached hydrogen (secondary N) is 1. The molecule has 184 valence electrons. The number of carboxylic acids is 1. The van der Waals surface area contributed by atoms with Crippen molar-refractivity contribution >= 4 is 5.97 Å². The first-order valence-electron chi connectivity index (χ1n) is 12.2. The minimum absolute atomic E-state index is 0.0587. The number of ether oxygens (including phenoxy) is 1. The van der Waals surface area contributed by atoms with Gasteiger partial charge < -0.3 is 14.7 Å². The summed E-state index contributed by atoms with van der Waals surface area (Å²) in [5.41, 5.74) is 3.90. The van der Waals surface area contributed by atoms with Crippen LogP contribution in [0.4, 0.5) is 4.39 Å². The highest BCUT2D eigenvalue weighted by atomic mass is 19.1. The van der Waals surface area contributed by atoms with Crippen LogP contribution in [0.25, 0.3) is 22.3 Å². The van der Waals surface area contributed by atoms with Crippen molar-refractivity contribution in [1.82, 2.24) is 15.1 Å². The van der Waals surface area contributed by atoms with Gasteiger partial charge in [-0.05, 0) is 78.9 Å². The monoisotopic (exact) mass is 485 g/mol. The van der Waals surface area contributed by atoms with Crippen molar-refractivity contribution in [2.24, 2.45) is 0 Å². The third-order valence-corrected chi connectivity index (χ3v) is 6.63. The van der Waals surface area contributed by atoms with Gasteiger partial charge in [0.1, 0.15) is 17.1 Å². The van der Waals surface area contributed by atoms with E-state index in [1.54, 1.807) is 12.1 Å². The van der Waals surface area contributed by atoms with Crippen LogP contribution in [0.3, 0.4) is 0 Å². The number of H-pyrrole nitrogens is 1. The number of rotatable bonds is 8. The average Bonchev–Trinajstić information content (AvgIpc) is 3.34. The van der Waals surface area contributed by atoms with E-state index in [-0.39, 0.29) is 16.9 Å². The van der Waals surface area contributed by atoms with Gasteiger partial charge in [-0.25, -0.2) is 4.79 Å². The van der Waals surface area contributed by atoms with E-state index in [1.165, 1.54) is 56.2 Å². The minimum Gasteiger partial charge on any atom is -0.478 e. The zero-order valence-electron chi connectivity index (χ0n) is 19.9. The maximum absolute atomic E-state index is 13.9. The number of carboxylic acid groups (broad SMARTS) is 1. The lowest BCUT2D eigenvalue weighted by Crippen LogP contribution is -2.31. The molecule has 4 aromatic rings. The molecule has 2 N–H and O–H groups in total. The fraction of sp³-hybridized carbons (Fsp3) is 0.241. The Labute approximate surface area is 209 Å². The molecule has 0 unspecified atom stereocenters. The number of carbonyl (C=O) groups is 1. The molecule has 0 amide bonds. The predicted octanol–water partition coefficient (Wildman–Crippen LogP) is 6.40. The molecule has 0 radical (unpaired) electrons. The number of halogens is 1. The number of hydrogen-bond donors (Lipinski definition) is 2. The molecule has 5 rings (SSSR count). The Morgan fingerprint density at radius 3 is 2.47 bits per heavy atom. The summed E-state index contributed by atoms with van der Waals surface area (Å²) >= 11 is 0. The van der Waals surface area contributed by atoms with Crippen LogP contribution in [0.5, 0.6) is 11.5 Å². The van der Waals surface area contributed by atoms with Gasteiger partial charge in [0.25, 0.3) is 0 Å². The van der Waals surface area contributed by atoms with E-state index in [1.807, 2.05) is 18.2 Å². The smallest absolute Gasteiger partial charge is 0.339 e. The standard InChI is InChI=1S/C29H28FN3O3/c30-28-26(19-31-32-28)23-11-12-27(25(18-23)29(34)35)36-24-6-4-5-22(17-24)21-9-7-20(8-10-21)13-16-33-14-2-1-3-15-33/h4-12,17-19H,1-3,13-16H2,(H,31,32)(H,34,35). The third-order valence-electron chi connectivity index (χ3n) is 6.63. The van der Waals surface area contributed by atoms with Crippen LogP contribution < -0.4 is 4.74 Å². The van der Waals surface area contributed by atoms with Gasteiger partial charge in [-0.15, -0.1) is 0 Å². The molecule has 1 fully saturated rings. The second kappa shape index (κ2) is 10.7. The minimum atomic E-state index is -1.16. The number of nitrogens with zero attached hydrogens (tertiary/aromatic N) is 2. The first-order valence-corrected chi connectivity index (χ1v) is 12.2. The largest absolute Gasteiger partial charge is 0.478 e. The van der Waals surface area contributed by atoms with Gasteiger partial charge in [0.15, 0.2) is 0 Å². The van der Waals surface area contributed by atoms with Crippen molar-refractivity contribution in [2.45, 2.75) is 25.7 Å². The van der Waals surface area contributed by atoms with Crippen molar-refractivity contribution in [3.8, 4) is 33.8 Å². The molecule has 0 bridgehead atoms. The van der Waals surface area contributed by atoms with E-state index in [4.69, 9.17) is 4.74 Å². The van der Waals surface area contributed by atoms with E-state index in [0.29, 0.717) is 11.3 Å². The molecule has 0 saturated carbocycles. The van der Waals surface area contributed by atoms with Crippen molar-refractivity contribution < 1.29 is 19.0 Å². The van der Waals surface area contributed by atoms with Crippen LogP contribution in [-0.2, 0) is 6.42 Å². The second-order valence-electron chi connectivity index (χ2n) is 9.09. The molecule has 1 aliphatic heterocycles. The normalized spacial score (nSPS) is 14.0. The van der Waals surface area contributed by atoms with Gasteiger partial charge in [-0.2, -0.15) is 9.49 Å². The molecular weight excluding hydrogens is 457 g/mol. The molecule has 2 heterocycles. The van der Waals surface area contributed by atoms with Gasteiger partial charge >= 0.3 is 5.97 Å². The summed E-state index contributed by atoms with van der Waals surface area (Å²) in [6, 6.07) is 20.7. The molecule has 1 aliphatic rings. The summed E-state index contributed by atoms with van der Waals surface area (Å²) in [6.45, 7) is 3.51. The van der Waals surface area contributed by atoms with Crippen LogP contribution in [-0.4, -0.2) is 45.8 Å². The molecule has 0 aliphatic carbocycles. The van der Waals surface area contributed by atoms with E-state index in [2.05, 4.69) is 39.4 Å². The number of aromatic carboxylic acids is 1. The molecule has 1 saturated heterocycles. The number of aromatic amines is 1. The highest BCUT2D eigenvalue weighted by Crippen LogP contribution is 2.32. The Hall–Kier alpha value is -3.97. The third kappa shape index (κ3) is 5.47. The topological polar surface area (TPSA) is 78.4 Å². The quantitative estimate of drug-likeness (QED) is 0.302. The number of piperidine rings is 1. The zero-order chi connectivity index (χ0) is 24.9. The Morgan fingerprint density at radius 2 is 1.75 bits per heavy atom. The van der Waals surface area contributed by atoms with Crippen molar-refractivity contribution in [1.29, 1.82) is 0 Å². The lowest BCUT2D eigenvalue weighted by atomic mass is 10.0. The summed E-state index contributed by atoms with van der Waals surface area (Å²) in [5.74, 6) is -1.08. The first-order chi connectivity index (χ1) is 17.6. The molecule has 6 nitrogen and oxygen atoms in total. The molecular formula is C29H28FN3O3. The number of benzene rings is 3. The summed E-state index contributed by atoms with van der Waals surface area (Å²) in [6.07, 6.45) is 6.32. The lowest BCUT2D eigenvalue weighted by Gasteiger charge is -2.26. The second-order valence-corrected chi connectivity index (χ2v) is 9.09. The van der Waals surface area contributed by atoms with Crippen molar-refractivity contribution in [3.63, 3.8) is 0 Å². The van der Waals surface area contributed by atoms with E-state index >= 15 is 0 Å². The molecule has 1 aromatic heterocycles. The zero-order valence-corrected chi connectivity index (χ0v) is 19.9. The van der Waals surface area contributed by atoms with Crippen LogP contribution in [0, 0.1) is 5.95 Å². The van der Waals surface area contributed by atoms with E-state index < -0.39 is 11.9 Å². The Kier molecular flexibility index (Phi) is 7.09. The molecule has 0 atom stereocenters. The SMILES string of the molecule is O=C(O)c1cc(-c2cn[nH]c2F)ccc1Oc1cccc(-c2ccc(CCN3CCCCC3)cc2)c1. The van der Waals surface area contributed by atoms with Gasteiger partial charge in [0.2, 0.25) is 5.95 Å². The summed E-state index contributed by atoms with van der Waals surface area (Å²) < 4.78 is 19.8. The molecule has 3 aromatic carbocycles. The van der Waals surface area contributed by atoms with Crippen LogP contribution in [0.15, 0.2) is 72.9 Å². The summed E-state index contributed by atoms with van der Waals surface area (Å²) in [4.78, 5) is 14.4. The number of hydrogen-bond acceptors (Lipinski definition) is 4. The van der Waals surface area contributed by atoms with E-state index in [9.17, 15) is 14.3 Å².